The van der Waals surface area contributed by atoms with Crippen LogP contribution in [0.4, 0.5) is 28.9 Å². The Bertz CT molecular complexity index is 796. The lowest BCUT2D eigenvalue weighted by Crippen LogP contribution is -2.39. The third-order valence-electron chi connectivity index (χ3n) is 3.17. The van der Waals surface area contributed by atoms with Crippen molar-refractivity contribution in [1.82, 2.24) is 0 Å². The molecule has 10 heteroatoms. The van der Waals surface area contributed by atoms with Crippen LogP contribution < -0.4 is 15.1 Å². The molecular formula is C15H11F4N3O3. The summed E-state index contributed by atoms with van der Waals surface area (Å²) in [6.45, 7) is 0.407. The number of ketones is 1. The highest BCUT2D eigenvalue weighted by molar-refractivity contribution is 6.41. The lowest BCUT2D eigenvalue weighted by molar-refractivity contribution is -0.163. The normalized spacial score (nSPS) is 14.5. The van der Waals surface area contributed by atoms with E-state index in [1.165, 1.54) is 0 Å². The predicted octanol–water partition coefficient (Wildman–Crippen LogP) is 2.10. The number of ether oxygens (including phenoxy) is 1. The molecule has 0 atom stereocenters. The van der Waals surface area contributed by atoms with E-state index in [2.05, 4.69) is 11.0 Å². The molecule has 0 bridgehead atoms. The largest absolute Gasteiger partial charge is 0.481 e. The Hall–Kier alpha value is -3.09. The fourth-order valence-electron chi connectivity index (χ4n) is 1.97. The minimum absolute atomic E-state index is 0.0463. The molecule has 0 aromatic heterocycles. The second-order valence-corrected chi connectivity index (χ2v) is 4.91. The topological polar surface area (TPSA) is 71.0 Å². The summed E-state index contributed by atoms with van der Waals surface area (Å²) in [5.41, 5.74) is 0.914. The van der Waals surface area contributed by atoms with Crippen LogP contribution in [0.3, 0.4) is 0 Å². The van der Waals surface area contributed by atoms with E-state index in [0.717, 1.165) is 24.0 Å². The van der Waals surface area contributed by atoms with E-state index in [1.54, 1.807) is 0 Å². The number of halogens is 4. The van der Waals surface area contributed by atoms with Crippen molar-refractivity contribution in [2.45, 2.75) is 13.1 Å². The molecule has 0 fully saturated rings. The van der Waals surface area contributed by atoms with Gasteiger partial charge in [-0.25, -0.2) is 4.39 Å². The Labute approximate surface area is 139 Å². The van der Waals surface area contributed by atoms with Crippen molar-refractivity contribution < 1.29 is 31.9 Å². The number of fused-ring (bicyclic) bond motifs is 1. The van der Waals surface area contributed by atoms with Crippen LogP contribution in [0.25, 0.3) is 0 Å². The zero-order chi connectivity index (χ0) is 18.8. The molecule has 1 aromatic carbocycles. The molecule has 1 amide bonds. The number of terminal acetylenes is 1. The van der Waals surface area contributed by atoms with E-state index in [-0.39, 0.29) is 30.3 Å². The molecule has 0 saturated heterocycles. The van der Waals surface area contributed by atoms with Gasteiger partial charge in [-0.05, 0) is 13.0 Å². The Balaban J connectivity index is 2.33. The first-order valence-electron chi connectivity index (χ1n) is 6.77. The molecule has 2 rings (SSSR count). The van der Waals surface area contributed by atoms with Gasteiger partial charge >= 0.3 is 6.18 Å². The van der Waals surface area contributed by atoms with Gasteiger partial charge < -0.3 is 4.74 Å². The average Bonchev–Trinajstić information content (AvgIpc) is 2.54. The second-order valence-electron chi connectivity index (χ2n) is 4.91. The number of benzene rings is 1. The molecule has 0 aliphatic carbocycles. The van der Waals surface area contributed by atoms with Gasteiger partial charge in [0.25, 0.3) is 11.7 Å². The molecule has 0 saturated carbocycles. The minimum Gasteiger partial charge on any atom is -0.481 e. The van der Waals surface area contributed by atoms with Crippen molar-refractivity contribution in [1.29, 1.82) is 0 Å². The lowest BCUT2D eigenvalue weighted by Gasteiger charge is -2.28. The molecule has 132 valence electrons. The number of carbonyl (C=O) groups excluding carboxylic acids is 2. The van der Waals surface area contributed by atoms with Crippen LogP contribution in [-0.2, 0) is 9.59 Å². The standard InChI is InChI=1S/C15H11F4N3O3/c1-3-4-22-11-6-10(9(16)5-12(11)25-7-13(22)23)21-20-8(2)14(24)15(17,18)19/h1,5-6,21H,4,7H2,2H3/b20-8+. The molecular weight excluding hydrogens is 346 g/mol. The summed E-state index contributed by atoms with van der Waals surface area (Å²) in [5, 5.41) is 3.23. The highest BCUT2D eigenvalue weighted by Crippen LogP contribution is 2.36. The number of alkyl halides is 3. The number of amides is 1. The summed E-state index contributed by atoms with van der Waals surface area (Å²) < 4.78 is 56.0. The van der Waals surface area contributed by atoms with Gasteiger partial charge in [0.15, 0.2) is 12.4 Å². The molecule has 1 aliphatic heterocycles. The highest BCUT2D eigenvalue weighted by Gasteiger charge is 2.40. The Morgan fingerprint density at radius 2 is 2.16 bits per heavy atom. The van der Waals surface area contributed by atoms with E-state index < -0.39 is 29.4 Å². The predicted molar refractivity (Wildman–Crippen MR) is 80.9 cm³/mol. The van der Waals surface area contributed by atoms with Crippen LogP contribution in [0.1, 0.15) is 6.92 Å². The number of rotatable bonds is 4. The summed E-state index contributed by atoms with van der Waals surface area (Å²) in [6.07, 6.45) is 0.0891. The second kappa shape index (κ2) is 6.80. The zero-order valence-electron chi connectivity index (χ0n) is 12.8. The van der Waals surface area contributed by atoms with E-state index in [9.17, 15) is 27.2 Å². The van der Waals surface area contributed by atoms with Crippen LogP contribution >= 0.6 is 0 Å². The van der Waals surface area contributed by atoms with Gasteiger partial charge in [-0.1, -0.05) is 5.92 Å². The van der Waals surface area contributed by atoms with Crippen LogP contribution in [0.2, 0.25) is 0 Å². The summed E-state index contributed by atoms with van der Waals surface area (Å²) in [6, 6.07) is 2.04. The lowest BCUT2D eigenvalue weighted by atomic mass is 10.2. The van der Waals surface area contributed by atoms with E-state index in [1.807, 2.05) is 5.43 Å². The molecule has 0 radical (unpaired) electrons. The molecule has 6 nitrogen and oxygen atoms in total. The fourth-order valence-corrected chi connectivity index (χ4v) is 1.97. The zero-order valence-corrected chi connectivity index (χ0v) is 12.8. The third kappa shape index (κ3) is 3.88. The number of hydrogen-bond donors (Lipinski definition) is 1. The van der Waals surface area contributed by atoms with E-state index in [0.29, 0.717) is 0 Å². The molecule has 1 heterocycles. The van der Waals surface area contributed by atoms with Gasteiger partial charge in [-0.2, -0.15) is 18.3 Å². The number of carbonyl (C=O) groups is 2. The first kappa shape index (κ1) is 18.3. The quantitative estimate of drug-likeness (QED) is 0.388. The Morgan fingerprint density at radius 1 is 1.48 bits per heavy atom. The van der Waals surface area contributed by atoms with Crippen LogP contribution in [-0.4, -0.2) is 36.7 Å². The Kier molecular flexibility index (Phi) is 4.97. The molecule has 1 aromatic rings. The van der Waals surface area contributed by atoms with Crippen molar-refractivity contribution in [3.8, 4) is 18.1 Å². The maximum atomic E-state index is 14.0. The first-order chi connectivity index (χ1) is 11.6. The molecule has 1 aliphatic rings. The van der Waals surface area contributed by atoms with Crippen LogP contribution in [0.5, 0.6) is 5.75 Å². The van der Waals surface area contributed by atoms with Gasteiger partial charge in [0, 0.05) is 6.07 Å². The number of Topliss-reactive ketones (excluding diaryl/α,β-unsaturated/α-hetero) is 1. The number of hydrazone groups is 1. The van der Waals surface area contributed by atoms with Gasteiger partial charge in [0.1, 0.15) is 11.5 Å². The number of nitrogens with zero attached hydrogens (tertiary/aromatic N) is 2. The summed E-state index contributed by atoms with van der Waals surface area (Å²) in [5.74, 6) is -1.21. The van der Waals surface area contributed by atoms with E-state index in [4.69, 9.17) is 11.2 Å². The molecule has 25 heavy (non-hydrogen) atoms. The van der Waals surface area contributed by atoms with Crippen molar-refractivity contribution in [3.05, 3.63) is 17.9 Å². The third-order valence-corrected chi connectivity index (χ3v) is 3.17. The number of anilines is 2. The molecule has 0 unspecified atom stereocenters. The van der Waals surface area contributed by atoms with Gasteiger partial charge in [0.05, 0.1) is 17.9 Å². The smallest absolute Gasteiger partial charge is 0.456 e. The maximum Gasteiger partial charge on any atom is 0.456 e. The molecule has 1 N–H and O–H groups in total. The highest BCUT2D eigenvalue weighted by atomic mass is 19.4. The van der Waals surface area contributed by atoms with Gasteiger partial charge in [0.2, 0.25) is 0 Å². The maximum absolute atomic E-state index is 14.0. The summed E-state index contributed by atoms with van der Waals surface area (Å²) in [7, 11) is 0. The monoisotopic (exact) mass is 357 g/mol. The van der Waals surface area contributed by atoms with Crippen molar-refractivity contribution >= 4 is 28.8 Å². The van der Waals surface area contributed by atoms with Gasteiger partial charge in [-0.15, -0.1) is 6.42 Å². The van der Waals surface area contributed by atoms with Crippen LogP contribution in [0.15, 0.2) is 17.2 Å². The molecule has 0 spiro atoms. The van der Waals surface area contributed by atoms with E-state index >= 15 is 0 Å². The summed E-state index contributed by atoms with van der Waals surface area (Å²) in [4.78, 5) is 24.0. The van der Waals surface area contributed by atoms with Gasteiger partial charge in [-0.3, -0.25) is 19.9 Å². The first-order valence-corrected chi connectivity index (χ1v) is 6.77. The average molecular weight is 357 g/mol. The fraction of sp³-hybridized carbons (Fsp3) is 0.267. The number of nitrogens with one attached hydrogen (secondary N) is 1. The van der Waals surface area contributed by atoms with Crippen molar-refractivity contribution in [3.63, 3.8) is 0 Å². The minimum atomic E-state index is -5.09. The van der Waals surface area contributed by atoms with Crippen molar-refractivity contribution in [2.24, 2.45) is 5.10 Å². The summed E-state index contributed by atoms with van der Waals surface area (Å²) >= 11 is 0. The Morgan fingerprint density at radius 3 is 2.76 bits per heavy atom. The van der Waals surface area contributed by atoms with Crippen molar-refractivity contribution in [2.75, 3.05) is 23.5 Å². The SMILES string of the molecule is C#CCN1C(=O)COc2cc(F)c(N/N=C(\C)C(=O)C(F)(F)F)cc21. The number of hydrogen-bond acceptors (Lipinski definition) is 5. The van der Waals surface area contributed by atoms with Crippen LogP contribution in [0, 0.1) is 18.2 Å².